The molecule has 1 saturated heterocycles. The molecule has 3 heterocycles. The second kappa shape index (κ2) is 5.69. The van der Waals surface area contributed by atoms with Gasteiger partial charge < -0.3 is 14.0 Å². The van der Waals surface area contributed by atoms with Crippen molar-refractivity contribution < 1.29 is 18.8 Å². The molecule has 0 saturated carbocycles. The van der Waals surface area contributed by atoms with Crippen LogP contribution in [0.5, 0.6) is 0 Å². The predicted molar refractivity (Wildman–Crippen MR) is 72.2 cm³/mol. The zero-order chi connectivity index (χ0) is 14.8. The van der Waals surface area contributed by atoms with E-state index in [1.54, 1.807) is 12.1 Å². The molecule has 7 nitrogen and oxygen atoms in total. The number of likely N-dealkylation sites (tertiary alicyclic amines) is 1. The average Bonchev–Trinajstić information content (AvgIpc) is 3.11. The first kappa shape index (κ1) is 13.8. The molecule has 2 atom stereocenters. The molecule has 0 aliphatic carbocycles. The Balaban J connectivity index is 1.72. The van der Waals surface area contributed by atoms with Crippen molar-refractivity contribution in [2.24, 2.45) is 5.92 Å². The Morgan fingerprint density at radius 3 is 3.14 bits per heavy atom. The van der Waals surface area contributed by atoms with Gasteiger partial charge in [-0.3, -0.25) is 9.69 Å². The number of piperidine rings is 1. The normalized spacial score (nSPS) is 23.3. The molecule has 0 aromatic carbocycles. The van der Waals surface area contributed by atoms with E-state index in [0.717, 1.165) is 13.0 Å². The van der Waals surface area contributed by atoms with Gasteiger partial charge in [0.15, 0.2) is 11.6 Å². The molecular weight excluding hydrogens is 274 g/mol. The van der Waals surface area contributed by atoms with Gasteiger partial charge in [-0.2, -0.15) is 4.98 Å². The summed E-state index contributed by atoms with van der Waals surface area (Å²) in [4.78, 5) is 17.5. The number of nitrogens with zero attached hydrogens (tertiary/aromatic N) is 3. The van der Waals surface area contributed by atoms with Crippen LogP contribution in [0.15, 0.2) is 27.3 Å². The van der Waals surface area contributed by atoms with E-state index in [2.05, 4.69) is 17.1 Å². The first-order valence-corrected chi connectivity index (χ1v) is 6.97. The number of carboxylic acid groups (broad SMARTS) is 1. The molecule has 0 bridgehead atoms. The average molecular weight is 291 g/mol. The van der Waals surface area contributed by atoms with E-state index in [4.69, 9.17) is 8.94 Å². The van der Waals surface area contributed by atoms with Crippen LogP contribution in [-0.2, 0) is 11.3 Å². The lowest BCUT2D eigenvalue weighted by molar-refractivity contribution is -0.145. The number of carboxylic acids is 1. The van der Waals surface area contributed by atoms with Gasteiger partial charge >= 0.3 is 5.97 Å². The van der Waals surface area contributed by atoms with Gasteiger partial charge in [0, 0.05) is 0 Å². The van der Waals surface area contributed by atoms with Crippen molar-refractivity contribution in [1.29, 1.82) is 0 Å². The molecular formula is C14H17N3O4. The van der Waals surface area contributed by atoms with Crippen molar-refractivity contribution in [3.63, 3.8) is 0 Å². The molecule has 0 amide bonds. The third-order valence-electron chi connectivity index (χ3n) is 3.81. The van der Waals surface area contributed by atoms with Gasteiger partial charge in [-0.1, -0.05) is 12.1 Å². The summed E-state index contributed by atoms with van der Waals surface area (Å²) in [5.41, 5.74) is 0. The van der Waals surface area contributed by atoms with E-state index in [-0.39, 0.29) is 0 Å². The van der Waals surface area contributed by atoms with E-state index in [1.807, 2.05) is 4.90 Å². The minimum absolute atomic E-state index is 0.312. The highest BCUT2D eigenvalue weighted by molar-refractivity contribution is 5.73. The molecule has 7 heteroatoms. The smallest absolute Gasteiger partial charge is 0.320 e. The second-order valence-corrected chi connectivity index (χ2v) is 5.45. The Kier molecular flexibility index (Phi) is 3.74. The molecule has 2 aromatic rings. The summed E-state index contributed by atoms with van der Waals surface area (Å²) in [6, 6.07) is 2.99. The van der Waals surface area contributed by atoms with Crippen LogP contribution < -0.4 is 0 Å². The highest BCUT2D eigenvalue weighted by Crippen LogP contribution is 2.24. The standard InChI is InChI=1S/C14H17N3O4/c1-9-4-5-17(10(7-9)14(18)19)8-12-15-13(21-16-12)11-3-2-6-20-11/h2-3,6,9-10H,4-5,7-8H2,1H3,(H,18,19). The SMILES string of the molecule is CC1CCN(Cc2noc(-c3ccco3)n2)C(C(=O)O)C1. The van der Waals surface area contributed by atoms with Gasteiger partial charge in [-0.05, 0) is 37.4 Å². The Morgan fingerprint density at radius 1 is 1.57 bits per heavy atom. The zero-order valence-corrected chi connectivity index (χ0v) is 11.7. The molecule has 21 heavy (non-hydrogen) atoms. The van der Waals surface area contributed by atoms with Crippen molar-refractivity contribution in [1.82, 2.24) is 15.0 Å². The fourth-order valence-electron chi connectivity index (χ4n) is 2.64. The van der Waals surface area contributed by atoms with Crippen LogP contribution in [0.3, 0.4) is 0 Å². The van der Waals surface area contributed by atoms with Gasteiger partial charge in [0.2, 0.25) is 0 Å². The third kappa shape index (κ3) is 2.97. The first-order valence-electron chi connectivity index (χ1n) is 6.97. The van der Waals surface area contributed by atoms with Gasteiger partial charge in [0.1, 0.15) is 6.04 Å². The summed E-state index contributed by atoms with van der Waals surface area (Å²) >= 11 is 0. The summed E-state index contributed by atoms with van der Waals surface area (Å²) in [6.45, 7) is 3.17. The van der Waals surface area contributed by atoms with Crippen LogP contribution in [0.25, 0.3) is 11.7 Å². The first-order chi connectivity index (χ1) is 10.1. The number of hydrogen-bond donors (Lipinski definition) is 1. The number of rotatable bonds is 4. The Labute approximate surface area is 121 Å². The van der Waals surface area contributed by atoms with Crippen molar-refractivity contribution >= 4 is 5.97 Å². The summed E-state index contributed by atoms with van der Waals surface area (Å²) in [6.07, 6.45) is 3.16. The molecule has 1 aliphatic heterocycles. The van der Waals surface area contributed by atoms with Gasteiger partial charge in [0.05, 0.1) is 12.8 Å². The number of carbonyl (C=O) groups is 1. The van der Waals surface area contributed by atoms with Crippen molar-refractivity contribution in [2.75, 3.05) is 6.54 Å². The molecule has 3 rings (SSSR count). The summed E-state index contributed by atoms with van der Waals surface area (Å²) < 4.78 is 10.3. The van der Waals surface area contributed by atoms with E-state index in [9.17, 15) is 9.90 Å². The van der Waals surface area contributed by atoms with Crippen molar-refractivity contribution in [2.45, 2.75) is 32.4 Å². The second-order valence-electron chi connectivity index (χ2n) is 5.45. The summed E-state index contributed by atoms with van der Waals surface area (Å²) in [5.74, 6) is 0.924. The third-order valence-corrected chi connectivity index (χ3v) is 3.81. The molecule has 0 radical (unpaired) electrons. The Bertz CT molecular complexity index is 608. The summed E-state index contributed by atoms with van der Waals surface area (Å²) in [7, 11) is 0. The molecule has 1 fully saturated rings. The zero-order valence-electron chi connectivity index (χ0n) is 11.7. The lowest BCUT2D eigenvalue weighted by Crippen LogP contribution is -2.46. The molecule has 1 N–H and O–H groups in total. The number of furan rings is 1. The fraction of sp³-hybridized carbons (Fsp3) is 0.500. The Hall–Kier alpha value is -2.15. The molecule has 2 unspecified atom stereocenters. The van der Waals surface area contributed by atoms with Gasteiger partial charge in [-0.25, -0.2) is 0 Å². The van der Waals surface area contributed by atoms with Crippen LogP contribution in [-0.4, -0.2) is 38.7 Å². The maximum absolute atomic E-state index is 11.4. The van der Waals surface area contributed by atoms with Gasteiger partial charge in [-0.15, -0.1) is 0 Å². The van der Waals surface area contributed by atoms with E-state index in [0.29, 0.717) is 36.4 Å². The molecule has 112 valence electrons. The lowest BCUT2D eigenvalue weighted by atomic mass is 9.92. The largest absolute Gasteiger partial charge is 0.480 e. The minimum atomic E-state index is -0.795. The number of hydrogen-bond acceptors (Lipinski definition) is 6. The summed E-state index contributed by atoms with van der Waals surface area (Å²) in [5, 5.41) is 13.2. The number of aromatic nitrogens is 2. The Morgan fingerprint density at radius 2 is 2.43 bits per heavy atom. The lowest BCUT2D eigenvalue weighted by Gasteiger charge is -2.35. The topological polar surface area (TPSA) is 92.6 Å². The van der Waals surface area contributed by atoms with Crippen LogP contribution in [0.4, 0.5) is 0 Å². The monoisotopic (exact) mass is 291 g/mol. The molecule has 2 aromatic heterocycles. The molecule has 1 aliphatic rings. The minimum Gasteiger partial charge on any atom is -0.480 e. The molecule has 0 spiro atoms. The maximum Gasteiger partial charge on any atom is 0.320 e. The van der Waals surface area contributed by atoms with E-state index >= 15 is 0 Å². The van der Waals surface area contributed by atoms with Crippen LogP contribution >= 0.6 is 0 Å². The number of aliphatic carboxylic acids is 1. The highest BCUT2D eigenvalue weighted by atomic mass is 16.5. The fourth-order valence-corrected chi connectivity index (χ4v) is 2.64. The van der Waals surface area contributed by atoms with Crippen molar-refractivity contribution in [3.8, 4) is 11.7 Å². The van der Waals surface area contributed by atoms with Crippen molar-refractivity contribution in [3.05, 3.63) is 24.2 Å². The maximum atomic E-state index is 11.4. The van der Waals surface area contributed by atoms with Gasteiger partial charge in [0.25, 0.3) is 5.89 Å². The quantitative estimate of drug-likeness (QED) is 0.921. The van der Waals surface area contributed by atoms with E-state index < -0.39 is 12.0 Å². The van der Waals surface area contributed by atoms with E-state index in [1.165, 1.54) is 6.26 Å². The van der Waals surface area contributed by atoms with Crippen LogP contribution in [0, 0.1) is 5.92 Å². The van der Waals surface area contributed by atoms with Crippen LogP contribution in [0.2, 0.25) is 0 Å². The predicted octanol–water partition coefficient (Wildman–Crippen LogP) is 2.01. The highest BCUT2D eigenvalue weighted by Gasteiger charge is 2.32. The van der Waals surface area contributed by atoms with Crippen LogP contribution in [0.1, 0.15) is 25.6 Å².